The van der Waals surface area contributed by atoms with Crippen LogP contribution in [0.3, 0.4) is 0 Å². The normalized spacial score (nSPS) is 15.3. The molecule has 4 rings (SSSR count). The summed E-state index contributed by atoms with van der Waals surface area (Å²) in [6.45, 7) is 1.29. The first-order valence-corrected chi connectivity index (χ1v) is 10.8. The van der Waals surface area contributed by atoms with Gasteiger partial charge in [-0.1, -0.05) is 60.7 Å². The Balaban J connectivity index is 1.36. The lowest BCUT2D eigenvalue weighted by Gasteiger charge is -2.18. The molecule has 1 aliphatic heterocycles. The number of nitrogens with one attached hydrogen (secondary N) is 2. The van der Waals surface area contributed by atoms with Gasteiger partial charge in [-0.05, 0) is 48.2 Å². The fourth-order valence-corrected chi connectivity index (χ4v) is 3.72. The Kier molecular flexibility index (Phi) is 7.15. The van der Waals surface area contributed by atoms with Crippen LogP contribution in [-0.4, -0.2) is 31.1 Å². The van der Waals surface area contributed by atoms with Crippen LogP contribution < -0.4 is 15.6 Å². The highest BCUT2D eigenvalue weighted by atomic mass is 16.5. The van der Waals surface area contributed by atoms with Gasteiger partial charge in [-0.3, -0.25) is 20.4 Å². The Labute approximate surface area is 187 Å². The van der Waals surface area contributed by atoms with Crippen LogP contribution in [-0.2, 0) is 9.53 Å². The molecule has 1 unspecified atom stereocenters. The minimum atomic E-state index is -0.536. The maximum atomic E-state index is 13.0. The summed E-state index contributed by atoms with van der Waals surface area (Å²) < 4.78 is 11.3. The number of hydrogen-bond acceptors (Lipinski definition) is 4. The number of carbonyl (C=O) groups is 2. The number of benzene rings is 3. The monoisotopic (exact) mass is 430 g/mol. The van der Waals surface area contributed by atoms with Crippen LogP contribution in [0.25, 0.3) is 0 Å². The first kappa shape index (κ1) is 21.6. The molecule has 6 heteroatoms. The van der Waals surface area contributed by atoms with Crippen molar-refractivity contribution in [3.8, 4) is 5.75 Å². The van der Waals surface area contributed by atoms with Crippen LogP contribution in [0.2, 0.25) is 0 Å². The molecular weight excluding hydrogens is 404 g/mol. The van der Waals surface area contributed by atoms with Crippen molar-refractivity contribution in [2.24, 2.45) is 0 Å². The number of carbonyl (C=O) groups excluding carboxylic acids is 2. The molecule has 3 aromatic carbocycles. The van der Waals surface area contributed by atoms with E-state index in [2.05, 4.69) is 10.9 Å². The van der Waals surface area contributed by atoms with E-state index in [0.29, 0.717) is 17.9 Å². The zero-order valence-electron chi connectivity index (χ0n) is 17.7. The summed E-state index contributed by atoms with van der Waals surface area (Å²) in [6, 6.07) is 25.8. The lowest BCUT2D eigenvalue weighted by Crippen LogP contribution is -2.44. The Morgan fingerprint density at radius 1 is 0.875 bits per heavy atom. The van der Waals surface area contributed by atoms with Gasteiger partial charge < -0.3 is 9.47 Å². The van der Waals surface area contributed by atoms with E-state index in [1.165, 1.54) is 0 Å². The van der Waals surface area contributed by atoms with Crippen LogP contribution in [0.5, 0.6) is 5.75 Å². The van der Waals surface area contributed by atoms with E-state index in [1.54, 1.807) is 24.3 Å². The van der Waals surface area contributed by atoms with Gasteiger partial charge in [-0.2, -0.15) is 0 Å². The molecule has 1 atom stereocenters. The van der Waals surface area contributed by atoms with E-state index in [1.807, 2.05) is 60.7 Å². The second kappa shape index (κ2) is 10.6. The first-order valence-electron chi connectivity index (χ1n) is 10.8. The summed E-state index contributed by atoms with van der Waals surface area (Å²) in [5.74, 6) is -0.572. The second-order valence-electron chi connectivity index (χ2n) is 7.67. The minimum absolute atomic E-state index is 0.135. The van der Waals surface area contributed by atoms with E-state index in [9.17, 15) is 9.59 Å². The minimum Gasteiger partial charge on any atom is -0.491 e. The van der Waals surface area contributed by atoms with Gasteiger partial charge in [0, 0.05) is 12.2 Å². The standard InChI is InChI=1S/C26H26N2O4/c29-25(21-13-15-22(16-14-21)32-18-23-12-7-17-31-23)27-28-26(30)24(19-8-3-1-4-9-19)20-10-5-2-6-11-20/h1-6,8-11,13-16,23-24H,7,12,17-18H2,(H,27,29)(H,28,30). The Bertz CT molecular complexity index is 977. The molecule has 2 N–H and O–H groups in total. The van der Waals surface area contributed by atoms with Crippen molar-refractivity contribution < 1.29 is 19.1 Å². The highest BCUT2D eigenvalue weighted by Crippen LogP contribution is 2.24. The van der Waals surface area contributed by atoms with Gasteiger partial charge in [0.2, 0.25) is 5.91 Å². The molecule has 164 valence electrons. The van der Waals surface area contributed by atoms with E-state index in [4.69, 9.17) is 9.47 Å². The summed E-state index contributed by atoms with van der Waals surface area (Å²) >= 11 is 0. The zero-order valence-corrected chi connectivity index (χ0v) is 17.7. The van der Waals surface area contributed by atoms with Crippen LogP contribution in [0.15, 0.2) is 84.9 Å². The van der Waals surface area contributed by atoms with Gasteiger partial charge in [0.05, 0.1) is 12.0 Å². The third kappa shape index (κ3) is 5.53. The largest absolute Gasteiger partial charge is 0.491 e. The fourth-order valence-electron chi connectivity index (χ4n) is 3.72. The third-order valence-corrected chi connectivity index (χ3v) is 5.40. The number of rotatable bonds is 7. The summed E-state index contributed by atoms with van der Waals surface area (Å²) in [5.41, 5.74) is 7.20. The molecule has 0 spiro atoms. The van der Waals surface area contributed by atoms with E-state index in [0.717, 1.165) is 30.6 Å². The molecule has 32 heavy (non-hydrogen) atoms. The van der Waals surface area contributed by atoms with Gasteiger partial charge in [0.1, 0.15) is 12.4 Å². The van der Waals surface area contributed by atoms with E-state index < -0.39 is 11.8 Å². The van der Waals surface area contributed by atoms with Crippen molar-refractivity contribution >= 4 is 11.8 Å². The van der Waals surface area contributed by atoms with Gasteiger partial charge in [0.15, 0.2) is 0 Å². The van der Waals surface area contributed by atoms with Crippen molar-refractivity contribution in [3.05, 3.63) is 102 Å². The SMILES string of the molecule is O=C(NNC(=O)C(c1ccccc1)c1ccccc1)c1ccc(OCC2CCCO2)cc1. The Morgan fingerprint density at radius 2 is 1.50 bits per heavy atom. The fraction of sp³-hybridized carbons (Fsp3) is 0.231. The maximum Gasteiger partial charge on any atom is 0.269 e. The molecule has 1 saturated heterocycles. The molecule has 1 heterocycles. The van der Waals surface area contributed by atoms with Crippen molar-refractivity contribution in [1.82, 2.24) is 10.9 Å². The Morgan fingerprint density at radius 3 is 2.06 bits per heavy atom. The highest BCUT2D eigenvalue weighted by molar-refractivity contribution is 5.96. The second-order valence-corrected chi connectivity index (χ2v) is 7.67. The molecule has 0 aromatic heterocycles. The van der Waals surface area contributed by atoms with Gasteiger partial charge in [-0.15, -0.1) is 0 Å². The number of hydrazine groups is 1. The molecular formula is C26H26N2O4. The molecule has 0 saturated carbocycles. The average Bonchev–Trinajstić information content (AvgIpc) is 3.37. The summed E-state index contributed by atoms with van der Waals surface area (Å²) in [6.07, 6.45) is 2.21. The van der Waals surface area contributed by atoms with Crippen molar-refractivity contribution in [1.29, 1.82) is 0 Å². The van der Waals surface area contributed by atoms with Gasteiger partial charge in [-0.25, -0.2) is 0 Å². The molecule has 3 aromatic rings. The average molecular weight is 431 g/mol. The topological polar surface area (TPSA) is 76.7 Å². The van der Waals surface area contributed by atoms with E-state index in [-0.39, 0.29) is 12.0 Å². The zero-order chi connectivity index (χ0) is 22.2. The lowest BCUT2D eigenvalue weighted by atomic mass is 9.91. The summed E-state index contributed by atoms with van der Waals surface area (Å²) in [5, 5.41) is 0. The molecule has 0 bridgehead atoms. The van der Waals surface area contributed by atoms with Crippen LogP contribution in [0, 0.1) is 0 Å². The molecule has 0 aliphatic carbocycles. The first-order chi connectivity index (χ1) is 15.7. The van der Waals surface area contributed by atoms with Crippen LogP contribution >= 0.6 is 0 Å². The Hall–Kier alpha value is -3.64. The summed E-state index contributed by atoms with van der Waals surface area (Å²) in [4.78, 5) is 25.5. The quantitative estimate of drug-likeness (QED) is 0.559. The number of hydrogen-bond donors (Lipinski definition) is 2. The molecule has 6 nitrogen and oxygen atoms in total. The van der Waals surface area contributed by atoms with E-state index >= 15 is 0 Å². The number of amides is 2. The smallest absolute Gasteiger partial charge is 0.269 e. The molecule has 0 radical (unpaired) electrons. The predicted molar refractivity (Wildman–Crippen MR) is 121 cm³/mol. The number of ether oxygens (including phenoxy) is 2. The van der Waals surface area contributed by atoms with Crippen LogP contribution in [0.4, 0.5) is 0 Å². The maximum absolute atomic E-state index is 13.0. The van der Waals surface area contributed by atoms with Crippen LogP contribution in [0.1, 0.15) is 40.2 Å². The molecule has 2 amide bonds. The predicted octanol–water partition coefficient (Wildman–Crippen LogP) is 3.84. The molecule has 1 fully saturated rings. The highest BCUT2D eigenvalue weighted by Gasteiger charge is 2.23. The third-order valence-electron chi connectivity index (χ3n) is 5.40. The summed E-state index contributed by atoms with van der Waals surface area (Å²) in [7, 11) is 0. The lowest BCUT2D eigenvalue weighted by molar-refractivity contribution is -0.122. The van der Waals surface area contributed by atoms with Crippen molar-refractivity contribution in [2.75, 3.05) is 13.2 Å². The van der Waals surface area contributed by atoms with Gasteiger partial charge >= 0.3 is 0 Å². The van der Waals surface area contributed by atoms with Crippen molar-refractivity contribution in [2.45, 2.75) is 24.9 Å². The van der Waals surface area contributed by atoms with Gasteiger partial charge in [0.25, 0.3) is 5.91 Å². The molecule has 1 aliphatic rings. The van der Waals surface area contributed by atoms with Crippen molar-refractivity contribution in [3.63, 3.8) is 0 Å².